The Morgan fingerprint density at radius 2 is 2.26 bits per heavy atom. The molecule has 1 aliphatic carbocycles. The molecule has 108 valence electrons. The van der Waals surface area contributed by atoms with E-state index in [1.165, 1.54) is 4.31 Å². The zero-order valence-corrected chi connectivity index (χ0v) is 12.5. The molecule has 6 nitrogen and oxygen atoms in total. The summed E-state index contributed by atoms with van der Waals surface area (Å²) >= 11 is 0. The monoisotopic (exact) mass is 286 g/mol. The van der Waals surface area contributed by atoms with E-state index < -0.39 is 15.3 Å². The highest BCUT2D eigenvalue weighted by Gasteiger charge is 2.29. The standard InChI is InChI=1S/C12H22N4O2S/c1-10(8-14-11-4-5-11)19(17,18)16(3)9-12-13-6-7-15(12)2/h6-7,10-11,14H,4-5,8-9H2,1-3H3. The van der Waals surface area contributed by atoms with Gasteiger partial charge in [0.15, 0.2) is 0 Å². The van der Waals surface area contributed by atoms with E-state index in [4.69, 9.17) is 0 Å². The number of sulfonamides is 1. The fourth-order valence-electron chi connectivity index (χ4n) is 1.87. The first-order valence-corrected chi connectivity index (χ1v) is 8.06. The van der Waals surface area contributed by atoms with Crippen LogP contribution in [0.15, 0.2) is 12.4 Å². The Morgan fingerprint density at radius 3 is 2.79 bits per heavy atom. The summed E-state index contributed by atoms with van der Waals surface area (Å²) in [4.78, 5) is 4.15. The Kier molecular flexibility index (Phi) is 4.27. The number of imidazole rings is 1. The summed E-state index contributed by atoms with van der Waals surface area (Å²) < 4.78 is 27.9. The van der Waals surface area contributed by atoms with Gasteiger partial charge < -0.3 is 9.88 Å². The Hall–Kier alpha value is -0.920. The van der Waals surface area contributed by atoms with Gasteiger partial charge in [0.2, 0.25) is 10.0 Å². The minimum Gasteiger partial charge on any atom is -0.337 e. The van der Waals surface area contributed by atoms with E-state index in [0.717, 1.165) is 18.7 Å². The van der Waals surface area contributed by atoms with Crippen molar-refractivity contribution in [1.82, 2.24) is 19.2 Å². The van der Waals surface area contributed by atoms with Crippen LogP contribution in [0.1, 0.15) is 25.6 Å². The molecule has 0 aromatic carbocycles. The fraction of sp³-hybridized carbons (Fsp3) is 0.750. The summed E-state index contributed by atoms with van der Waals surface area (Å²) in [5.41, 5.74) is 0. The Morgan fingerprint density at radius 1 is 1.58 bits per heavy atom. The summed E-state index contributed by atoms with van der Waals surface area (Å²) in [6.07, 6.45) is 5.81. The van der Waals surface area contributed by atoms with Crippen LogP contribution in [0.4, 0.5) is 0 Å². The third-order valence-electron chi connectivity index (χ3n) is 3.50. The van der Waals surface area contributed by atoms with Crippen LogP contribution in [-0.4, -0.2) is 47.2 Å². The van der Waals surface area contributed by atoms with Gasteiger partial charge in [0.1, 0.15) is 5.82 Å². The van der Waals surface area contributed by atoms with Crippen LogP contribution in [0.5, 0.6) is 0 Å². The van der Waals surface area contributed by atoms with E-state index >= 15 is 0 Å². The van der Waals surface area contributed by atoms with Crippen molar-refractivity contribution >= 4 is 10.0 Å². The molecule has 1 atom stereocenters. The van der Waals surface area contributed by atoms with Gasteiger partial charge in [0.25, 0.3) is 0 Å². The Bertz CT molecular complexity index is 522. The zero-order valence-electron chi connectivity index (χ0n) is 11.7. The summed E-state index contributed by atoms with van der Waals surface area (Å²) in [6.45, 7) is 2.57. The minimum atomic E-state index is -3.28. The van der Waals surface area contributed by atoms with Gasteiger partial charge >= 0.3 is 0 Å². The molecule has 0 amide bonds. The van der Waals surface area contributed by atoms with E-state index in [9.17, 15) is 8.42 Å². The molecule has 7 heteroatoms. The van der Waals surface area contributed by atoms with Gasteiger partial charge in [-0.2, -0.15) is 4.31 Å². The lowest BCUT2D eigenvalue weighted by Crippen LogP contribution is -2.40. The molecular weight excluding hydrogens is 264 g/mol. The highest BCUT2D eigenvalue weighted by molar-refractivity contribution is 7.89. The normalized spacial score (nSPS) is 17.9. The van der Waals surface area contributed by atoms with Crippen molar-refractivity contribution in [3.63, 3.8) is 0 Å². The van der Waals surface area contributed by atoms with Gasteiger partial charge in [0, 0.05) is 39.1 Å². The van der Waals surface area contributed by atoms with Crippen molar-refractivity contribution in [2.75, 3.05) is 13.6 Å². The molecule has 1 aromatic heterocycles. The Labute approximate surface area is 114 Å². The molecule has 1 fully saturated rings. The lowest BCUT2D eigenvalue weighted by atomic mass is 10.4. The van der Waals surface area contributed by atoms with Crippen molar-refractivity contribution in [3.8, 4) is 0 Å². The number of nitrogens with one attached hydrogen (secondary N) is 1. The SMILES string of the molecule is CC(CNC1CC1)S(=O)(=O)N(C)Cc1nccn1C. The minimum absolute atomic E-state index is 0.305. The van der Waals surface area contributed by atoms with Gasteiger partial charge in [-0.3, -0.25) is 0 Å². The first kappa shape index (κ1) is 14.5. The lowest BCUT2D eigenvalue weighted by molar-refractivity contribution is 0.440. The molecule has 1 heterocycles. The van der Waals surface area contributed by atoms with Crippen LogP contribution in [0.2, 0.25) is 0 Å². The van der Waals surface area contributed by atoms with Crippen LogP contribution in [0.25, 0.3) is 0 Å². The summed E-state index contributed by atoms with van der Waals surface area (Å²) in [7, 11) is 0.189. The first-order valence-electron chi connectivity index (χ1n) is 6.56. The van der Waals surface area contributed by atoms with Crippen LogP contribution in [0, 0.1) is 0 Å². The molecular formula is C12H22N4O2S. The molecule has 2 rings (SSSR count). The van der Waals surface area contributed by atoms with Crippen molar-refractivity contribution in [2.24, 2.45) is 7.05 Å². The maximum Gasteiger partial charge on any atom is 0.218 e. The third kappa shape index (κ3) is 3.55. The zero-order chi connectivity index (χ0) is 14.0. The smallest absolute Gasteiger partial charge is 0.218 e. The number of hydrogen-bond acceptors (Lipinski definition) is 4. The molecule has 1 saturated carbocycles. The van der Waals surface area contributed by atoms with Crippen molar-refractivity contribution < 1.29 is 8.42 Å². The molecule has 1 aliphatic rings. The maximum atomic E-state index is 12.3. The number of nitrogens with zero attached hydrogens (tertiary/aromatic N) is 3. The molecule has 0 bridgehead atoms. The number of hydrogen-bond donors (Lipinski definition) is 1. The maximum absolute atomic E-state index is 12.3. The fourth-order valence-corrected chi connectivity index (χ4v) is 3.09. The molecule has 0 radical (unpaired) electrons. The first-order chi connectivity index (χ1) is 8.91. The predicted octanol–water partition coefficient (Wildman–Crippen LogP) is 0.322. The van der Waals surface area contributed by atoms with Crippen LogP contribution < -0.4 is 5.32 Å². The molecule has 19 heavy (non-hydrogen) atoms. The average Bonchev–Trinajstić information content (AvgIpc) is 3.11. The van der Waals surface area contributed by atoms with Gasteiger partial charge in [-0.25, -0.2) is 13.4 Å². The second-order valence-corrected chi connectivity index (χ2v) is 7.71. The average molecular weight is 286 g/mol. The van der Waals surface area contributed by atoms with E-state index in [-0.39, 0.29) is 0 Å². The summed E-state index contributed by atoms with van der Waals surface area (Å²) in [6, 6.07) is 0.525. The van der Waals surface area contributed by atoms with Gasteiger partial charge in [-0.1, -0.05) is 0 Å². The largest absolute Gasteiger partial charge is 0.337 e. The highest BCUT2D eigenvalue weighted by atomic mass is 32.2. The van der Waals surface area contributed by atoms with Crippen LogP contribution in [-0.2, 0) is 23.6 Å². The molecule has 1 aromatic rings. The number of aryl methyl sites for hydroxylation is 1. The van der Waals surface area contributed by atoms with E-state index in [0.29, 0.717) is 19.1 Å². The van der Waals surface area contributed by atoms with Crippen molar-refractivity contribution in [2.45, 2.75) is 37.6 Å². The van der Waals surface area contributed by atoms with Gasteiger partial charge in [-0.15, -0.1) is 0 Å². The number of rotatable bonds is 7. The molecule has 1 unspecified atom stereocenters. The van der Waals surface area contributed by atoms with Crippen LogP contribution >= 0.6 is 0 Å². The summed E-state index contributed by atoms with van der Waals surface area (Å²) in [5, 5.41) is 2.84. The quantitative estimate of drug-likeness (QED) is 0.784. The second-order valence-electron chi connectivity index (χ2n) is 5.25. The number of aromatic nitrogens is 2. The third-order valence-corrected chi connectivity index (χ3v) is 5.68. The van der Waals surface area contributed by atoms with Gasteiger partial charge in [0.05, 0.1) is 11.8 Å². The van der Waals surface area contributed by atoms with E-state index in [2.05, 4.69) is 10.3 Å². The molecule has 0 saturated heterocycles. The van der Waals surface area contributed by atoms with E-state index in [1.54, 1.807) is 20.2 Å². The Balaban J connectivity index is 1.95. The summed E-state index contributed by atoms with van der Waals surface area (Å²) in [5.74, 6) is 0.744. The topological polar surface area (TPSA) is 67.2 Å². The molecule has 0 spiro atoms. The van der Waals surface area contributed by atoms with Crippen molar-refractivity contribution in [1.29, 1.82) is 0 Å². The second kappa shape index (κ2) is 5.60. The predicted molar refractivity (Wildman–Crippen MR) is 74.1 cm³/mol. The molecule has 0 aliphatic heterocycles. The molecule has 1 N–H and O–H groups in total. The lowest BCUT2D eigenvalue weighted by Gasteiger charge is -2.22. The van der Waals surface area contributed by atoms with Gasteiger partial charge in [-0.05, 0) is 19.8 Å². The van der Waals surface area contributed by atoms with E-state index in [1.807, 2.05) is 17.8 Å². The highest BCUT2D eigenvalue weighted by Crippen LogP contribution is 2.19. The van der Waals surface area contributed by atoms with Crippen molar-refractivity contribution in [3.05, 3.63) is 18.2 Å². The van der Waals surface area contributed by atoms with Crippen LogP contribution in [0.3, 0.4) is 0 Å².